The molecule has 0 radical (unpaired) electrons. The Labute approximate surface area is 103 Å². The van der Waals surface area contributed by atoms with E-state index in [1.807, 2.05) is 5.32 Å². The van der Waals surface area contributed by atoms with Crippen molar-refractivity contribution in [1.29, 1.82) is 0 Å². The van der Waals surface area contributed by atoms with Crippen LogP contribution in [0.1, 0.15) is 27.2 Å². The fourth-order valence-corrected chi connectivity index (χ4v) is 1.47. The van der Waals surface area contributed by atoms with Crippen molar-refractivity contribution in [3.05, 3.63) is 11.6 Å². The molecular formula is C11H15F2NO4. The van der Waals surface area contributed by atoms with Gasteiger partial charge in [-0.05, 0) is 26.8 Å². The maximum atomic E-state index is 13.4. The molecule has 0 aromatic carbocycles. The van der Waals surface area contributed by atoms with Crippen LogP contribution in [0.3, 0.4) is 0 Å². The first-order valence-corrected chi connectivity index (χ1v) is 5.32. The summed E-state index contributed by atoms with van der Waals surface area (Å²) in [5.74, 6) is -4.73. The van der Waals surface area contributed by atoms with Crippen molar-refractivity contribution >= 4 is 12.1 Å². The number of amides is 1. The van der Waals surface area contributed by atoms with Gasteiger partial charge in [0.15, 0.2) is 0 Å². The molecule has 0 fully saturated rings. The van der Waals surface area contributed by atoms with Gasteiger partial charge in [0.1, 0.15) is 11.6 Å². The van der Waals surface area contributed by atoms with Gasteiger partial charge in [-0.25, -0.2) is 18.4 Å². The van der Waals surface area contributed by atoms with E-state index in [0.717, 1.165) is 6.08 Å². The van der Waals surface area contributed by atoms with Crippen LogP contribution in [-0.4, -0.2) is 34.7 Å². The summed E-state index contributed by atoms with van der Waals surface area (Å²) < 4.78 is 31.7. The second kappa shape index (κ2) is 4.55. The Bertz CT molecular complexity index is 398. The Morgan fingerprint density at radius 1 is 1.50 bits per heavy atom. The van der Waals surface area contributed by atoms with Crippen LogP contribution >= 0.6 is 0 Å². The zero-order valence-corrected chi connectivity index (χ0v) is 10.3. The van der Waals surface area contributed by atoms with E-state index in [9.17, 15) is 18.4 Å². The first-order chi connectivity index (χ1) is 8.01. The van der Waals surface area contributed by atoms with Crippen molar-refractivity contribution in [3.63, 3.8) is 0 Å². The van der Waals surface area contributed by atoms with Crippen molar-refractivity contribution in [3.8, 4) is 0 Å². The molecule has 0 saturated carbocycles. The number of carboxylic acid groups (broad SMARTS) is 1. The van der Waals surface area contributed by atoms with Gasteiger partial charge in [-0.2, -0.15) is 0 Å². The molecule has 102 valence electrons. The Morgan fingerprint density at radius 3 is 2.44 bits per heavy atom. The Morgan fingerprint density at radius 2 is 2.06 bits per heavy atom. The highest BCUT2D eigenvalue weighted by atomic mass is 19.3. The van der Waals surface area contributed by atoms with Gasteiger partial charge in [-0.3, -0.25) is 0 Å². The zero-order chi connectivity index (χ0) is 14.1. The largest absolute Gasteiger partial charge is 0.478 e. The lowest BCUT2D eigenvalue weighted by Gasteiger charge is -2.24. The zero-order valence-electron chi connectivity index (χ0n) is 10.3. The fourth-order valence-electron chi connectivity index (χ4n) is 1.47. The highest BCUT2D eigenvalue weighted by Crippen LogP contribution is 2.34. The van der Waals surface area contributed by atoms with Gasteiger partial charge in [0, 0.05) is 12.0 Å². The third-order valence-corrected chi connectivity index (χ3v) is 2.20. The van der Waals surface area contributed by atoms with Gasteiger partial charge < -0.3 is 15.2 Å². The predicted molar refractivity (Wildman–Crippen MR) is 58.4 cm³/mol. The summed E-state index contributed by atoms with van der Waals surface area (Å²) >= 11 is 0. The molecule has 7 heteroatoms. The van der Waals surface area contributed by atoms with E-state index < -0.39 is 41.6 Å². The molecule has 0 aliphatic heterocycles. The van der Waals surface area contributed by atoms with Gasteiger partial charge in [-0.15, -0.1) is 0 Å². The SMILES string of the molecule is CC(C)(C)OC(=O)NC1C=C(C(=O)O)CC1(F)F. The molecule has 5 nitrogen and oxygen atoms in total. The highest BCUT2D eigenvalue weighted by molar-refractivity contribution is 5.88. The summed E-state index contributed by atoms with van der Waals surface area (Å²) in [6.45, 7) is 4.79. The summed E-state index contributed by atoms with van der Waals surface area (Å²) in [7, 11) is 0. The minimum absolute atomic E-state index is 0.416. The number of hydrogen-bond acceptors (Lipinski definition) is 3. The van der Waals surface area contributed by atoms with E-state index in [2.05, 4.69) is 0 Å². The maximum absolute atomic E-state index is 13.4. The number of carboxylic acids is 1. The average Bonchev–Trinajstić information content (AvgIpc) is 2.38. The first kappa shape index (κ1) is 14.4. The third-order valence-electron chi connectivity index (χ3n) is 2.20. The lowest BCUT2D eigenvalue weighted by atomic mass is 10.2. The van der Waals surface area contributed by atoms with Gasteiger partial charge in [-0.1, -0.05) is 0 Å². The van der Waals surface area contributed by atoms with Crippen LogP contribution in [-0.2, 0) is 9.53 Å². The standard InChI is InChI=1S/C11H15F2NO4/c1-10(2,3)18-9(17)14-7-4-6(8(15)16)5-11(7,12)13/h4,7H,5H2,1-3H3,(H,14,17)(H,15,16). The molecule has 1 unspecified atom stereocenters. The number of aliphatic carboxylic acids is 1. The third kappa shape index (κ3) is 3.68. The minimum atomic E-state index is -3.31. The van der Waals surface area contributed by atoms with E-state index in [1.165, 1.54) is 0 Å². The lowest BCUT2D eigenvalue weighted by Crippen LogP contribution is -2.45. The van der Waals surface area contributed by atoms with E-state index in [1.54, 1.807) is 20.8 Å². The molecule has 0 bridgehead atoms. The summed E-state index contributed by atoms with van der Waals surface area (Å²) in [6, 6.07) is -1.65. The number of carbonyl (C=O) groups is 2. The molecule has 1 aliphatic rings. The lowest BCUT2D eigenvalue weighted by molar-refractivity contribution is -0.133. The van der Waals surface area contributed by atoms with Crippen LogP contribution in [0.5, 0.6) is 0 Å². The average molecular weight is 263 g/mol. The number of alkyl halides is 2. The van der Waals surface area contributed by atoms with Crippen LogP contribution in [0.4, 0.5) is 13.6 Å². The summed E-state index contributed by atoms with van der Waals surface area (Å²) in [4.78, 5) is 21.9. The molecule has 18 heavy (non-hydrogen) atoms. The van der Waals surface area contributed by atoms with Crippen molar-refractivity contribution in [2.75, 3.05) is 0 Å². The first-order valence-electron chi connectivity index (χ1n) is 5.32. The van der Waals surface area contributed by atoms with Crippen LogP contribution in [0, 0.1) is 0 Å². The second-order valence-corrected chi connectivity index (χ2v) is 5.06. The van der Waals surface area contributed by atoms with Gasteiger partial charge in [0.2, 0.25) is 0 Å². The van der Waals surface area contributed by atoms with E-state index >= 15 is 0 Å². The number of alkyl carbamates (subject to hydrolysis) is 1. The Hall–Kier alpha value is -1.66. The van der Waals surface area contributed by atoms with Gasteiger partial charge in [0.05, 0.1) is 0 Å². The Kier molecular flexibility index (Phi) is 3.64. The predicted octanol–water partition coefficient (Wildman–Crippen LogP) is 1.93. The fraction of sp³-hybridized carbons (Fsp3) is 0.636. The normalized spacial score (nSPS) is 22.3. The minimum Gasteiger partial charge on any atom is -0.478 e. The molecule has 0 aromatic rings. The van der Waals surface area contributed by atoms with Crippen molar-refractivity contribution in [1.82, 2.24) is 5.32 Å². The monoisotopic (exact) mass is 263 g/mol. The quantitative estimate of drug-likeness (QED) is 0.798. The summed E-state index contributed by atoms with van der Waals surface area (Å²) in [5.41, 5.74) is -1.22. The number of nitrogens with one attached hydrogen (secondary N) is 1. The molecule has 1 rings (SSSR count). The van der Waals surface area contributed by atoms with E-state index in [-0.39, 0.29) is 0 Å². The molecule has 0 heterocycles. The van der Waals surface area contributed by atoms with Crippen LogP contribution in [0.25, 0.3) is 0 Å². The van der Waals surface area contributed by atoms with Crippen LogP contribution in [0.2, 0.25) is 0 Å². The molecule has 0 spiro atoms. The Balaban J connectivity index is 2.71. The molecule has 0 saturated heterocycles. The van der Waals surface area contributed by atoms with Crippen LogP contribution in [0.15, 0.2) is 11.6 Å². The molecule has 1 aliphatic carbocycles. The molecule has 1 amide bonds. The maximum Gasteiger partial charge on any atom is 0.408 e. The number of ether oxygens (including phenoxy) is 1. The van der Waals surface area contributed by atoms with Gasteiger partial charge >= 0.3 is 12.1 Å². The van der Waals surface area contributed by atoms with Crippen molar-refractivity contribution < 1.29 is 28.2 Å². The smallest absolute Gasteiger partial charge is 0.408 e. The summed E-state index contributed by atoms with van der Waals surface area (Å²) in [5, 5.41) is 10.6. The van der Waals surface area contributed by atoms with E-state index in [0.29, 0.717) is 0 Å². The number of rotatable bonds is 2. The van der Waals surface area contributed by atoms with Crippen LogP contribution < -0.4 is 5.32 Å². The second-order valence-electron chi connectivity index (χ2n) is 5.06. The number of hydrogen-bond donors (Lipinski definition) is 2. The molecule has 1 atom stereocenters. The summed E-state index contributed by atoms with van der Waals surface area (Å²) in [6.07, 6.45) is -1.07. The van der Waals surface area contributed by atoms with Crippen molar-refractivity contribution in [2.24, 2.45) is 0 Å². The highest BCUT2D eigenvalue weighted by Gasteiger charge is 2.47. The van der Waals surface area contributed by atoms with Crippen molar-refractivity contribution in [2.45, 2.75) is 44.8 Å². The van der Waals surface area contributed by atoms with Gasteiger partial charge in [0.25, 0.3) is 5.92 Å². The van der Waals surface area contributed by atoms with E-state index in [4.69, 9.17) is 9.84 Å². The number of carbonyl (C=O) groups excluding carboxylic acids is 1. The topological polar surface area (TPSA) is 75.6 Å². The molecule has 2 N–H and O–H groups in total. The number of halogens is 2. The molecular weight excluding hydrogens is 248 g/mol. The molecule has 0 aromatic heterocycles.